The summed E-state index contributed by atoms with van der Waals surface area (Å²) in [6, 6.07) is 3.90. The number of fused-ring (bicyclic) bond motifs is 1. The van der Waals surface area contributed by atoms with Crippen molar-refractivity contribution >= 4 is 16.9 Å². The lowest BCUT2D eigenvalue weighted by Crippen LogP contribution is -2.02. The largest absolute Gasteiger partial charge is 0.365 e. The number of pyridine rings is 1. The van der Waals surface area contributed by atoms with Gasteiger partial charge in [0, 0.05) is 18.9 Å². The maximum Gasteiger partial charge on any atom is 0.263 e. The van der Waals surface area contributed by atoms with Crippen molar-refractivity contribution < 1.29 is 4.52 Å². The average Bonchev–Trinajstić information content (AvgIpc) is 2.80. The van der Waals surface area contributed by atoms with Crippen LogP contribution in [0.15, 0.2) is 35.4 Å². The number of hydrogen-bond acceptors (Lipinski definition) is 6. The van der Waals surface area contributed by atoms with Crippen LogP contribution in [0.2, 0.25) is 0 Å². The van der Waals surface area contributed by atoms with Gasteiger partial charge in [0.15, 0.2) is 0 Å². The van der Waals surface area contributed by atoms with Crippen LogP contribution in [-0.2, 0) is 6.54 Å². The van der Waals surface area contributed by atoms with Gasteiger partial charge in [-0.1, -0.05) is 11.2 Å². The van der Waals surface area contributed by atoms with E-state index in [0.717, 1.165) is 22.5 Å². The summed E-state index contributed by atoms with van der Waals surface area (Å²) in [5.41, 5.74) is 2.36. The molecule has 0 aromatic carbocycles. The highest BCUT2D eigenvalue weighted by Gasteiger charge is 2.11. The molecule has 3 heterocycles. The monoisotopic (exact) mass is 241 g/mol. The zero-order valence-electron chi connectivity index (χ0n) is 9.79. The van der Waals surface area contributed by atoms with Crippen molar-refractivity contribution in [2.75, 3.05) is 5.32 Å². The summed E-state index contributed by atoms with van der Waals surface area (Å²) in [6.45, 7) is 2.51. The summed E-state index contributed by atoms with van der Waals surface area (Å²) in [5, 5.41) is 7.94. The van der Waals surface area contributed by atoms with Gasteiger partial charge in [0.25, 0.3) is 5.71 Å². The summed E-state index contributed by atoms with van der Waals surface area (Å²) in [6.07, 6.45) is 5.01. The number of rotatable bonds is 3. The summed E-state index contributed by atoms with van der Waals surface area (Å²) in [4.78, 5) is 12.3. The van der Waals surface area contributed by atoms with Gasteiger partial charge in [-0.3, -0.25) is 4.98 Å². The van der Waals surface area contributed by atoms with Crippen molar-refractivity contribution in [3.05, 3.63) is 42.1 Å². The highest BCUT2D eigenvalue weighted by atomic mass is 16.5. The summed E-state index contributed by atoms with van der Waals surface area (Å²) < 4.78 is 5.09. The predicted octanol–water partition coefficient (Wildman–Crippen LogP) is 1.93. The molecule has 0 saturated carbocycles. The Bertz CT molecular complexity index is 665. The number of anilines is 1. The van der Waals surface area contributed by atoms with Crippen molar-refractivity contribution in [1.82, 2.24) is 20.1 Å². The molecule has 0 bridgehead atoms. The van der Waals surface area contributed by atoms with Gasteiger partial charge in [-0.25, -0.2) is 4.98 Å². The van der Waals surface area contributed by atoms with Gasteiger partial charge in [-0.05, 0) is 18.6 Å². The van der Waals surface area contributed by atoms with Gasteiger partial charge >= 0.3 is 0 Å². The highest BCUT2D eigenvalue weighted by Crippen LogP contribution is 2.22. The molecule has 6 nitrogen and oxygen atoms in total. The van der Waals surface area contributed by atoms with Crippen LogP contribution in [0.5, 0.6) is 0 Å². The fraction of sp³-hybridized carbons (Fsp3) is 0.167. The SMILES string of the molecule is Cc1noc2ncnc(NCc3cccnc3)c12. The van der Waals surface area contributed by atoms with Crippen molar-refractivity contribution in [3.8, 4) is 0 Å². The number of hydrogen-bond donors (Lipinski definition) is 1. The summed E-state index contributed by atoms with van der Waals surface area (Å²) in [5.74, 6) is 0.725. The van der Waals surface area contributed by atoms with E-state index in [0.29, 0.717) is 12.3 Å². The molecule has 0 aliphatic rings. The van der Waals surface area contributed by atoms with Crippen LogP contribution in [0.1, 0.15) is 11.3 Å². The molecular weight excluding hydrogens is 230 g/mol. The Hall–Kier alpha value is -2.50. The van der Waals surface area contributed by atoms with E-state index in [-0.39, 0.29) is 0 Å². The molecule has 1 N–H and O–H groups in total. The lowest BCUT2D eigenvalue weighted by molar-refractivity contribution is 0.442. The average molecular weight is 241 g/mol. The second-order valence-corrected chi connectivity index (χ2v) is 3.89. The van der Waals surface area contributed by atoms with E-state index in [2.05, 4.69) is 25.4 Å². The topological polar surface area (TPSA) is 76.7 Å². The third kappa shape index (κ3) is 1.88. The fourth-order valence-electron chi connectivity index (χ4n) is 1.74. The second kappa shape index (κ2) is 4.40. The van der Waals surface area contributed by atoms with Crippen molar-refractivity contribution in [2.24, 2.45) is 0 Å². The van der Waals surface area contributed by atoms with Crippen LogP contribution in [0.4, 0.5) is 5.82 Å². The molecular formula is C12H11N5O. The minimum Gasteiger partial charge on any atom is -0.365 e. The highest BCUT2D eigenvalue weighted by molar-refractivity contribution is 5.87. The second-order valence-electron chi connectivity index (χ2n) is 3.89. The summed E-state index contributed by atoms with van der Waals surface area (Å²) in [7, 11) is 0. The molecule has 3 aromatic heterocycles. The normalized spacial score (nSPS) is 10.7. The zero-order valence-corrected chi connectivity index (χ0v) is 9.79. The molecule has 0 aliphatic heterocycles. The number of nitrogens with zero attached hydrogens (tertiary/aromatic N) is 4. The maximum absolute atomic E-state index is 5.09. The minimum atomic E-state index is 0.496. The lowest BCUT2D eigenvalue weighted by Gasteiger charge is -2.05. The molecule has 0 unspecified atom stereocenters. The standard InChI is InChI=1S/C12H11N5O/c1-8-10-11(15-7-16-12(10)18-17-8)14-6-9-3-2-4-13-5-9/h2-5,7H,6H2,1H3,(H,14,15,16). The van der Waals surface area contributed by atoms with Gasteiger partial charge < -0.3 is 9.84 Å². The van der Waals surface area contributed by atoms with Crippen LogP contribution < -0.4 is 5.32 Å². The zero-order chi connectivity index (χ0) is 12.4. The molecule has 0 aliphatic carbocycles. The first-order chi connectivity index (χ1) is 8.84. The Morgan fingerprint density at radius 3 is 3.11 bits per heavy atom. The molecule has 0 atom stereocenters. The molecule has 3 rings (SSSR count). The fourth-order valence-corrected chi connectivity index (χ4v) is 1.74. The molecule has 18 heavy (non-hydrogen) atoms. The molecule has 0 fully saturated rings. The molecule has 90 valence electrons. The Labute approximate surface area is 103 Å². The van der Waals surface area contributed by atoms with Gasteiger partial charge in [-0.2, -0.15) is 4.98 Å². The molecule has 0 amide bonds. The Kier molecular flexibility index (Phi) is 2.60. The van der Waals surface area contributed by atoms with Crippen molar-refractivity contribution in [3.63, 3.8) is 0 Å². The van der Waals surface area contributed by atoms with E-state index in [1.165, 1.54) is 6.33 Å². The third-order valence-electron chi connectivity index (χ3n) is 2.63. The number of aromatic nitrogens is 4. The Morgan fingerprint density at radius 2 is 2.28 bits per heavy atom. The van der Waals surface area contributed by atoms with Gasteiger partial charge in [0.1, 0.15) is 17.5 Å². The van der Waals surface area contributed by atoms with Crippen LogP contribution in [0.25, 0.3) is 11.1 Å². The quantitative estimate of drug-likeness (QED) is 0.755. The van der Waals surface area contributed by atoms with E-state index < -0.39 is 0 Å². The van der Waals surface area contributed by atoms with Crippen molar-refractivity contribution in [1.29, 1.82) is 0 Å². The van der Waals surface area contributed by atoms with E-state index in [1.54, 1.807) is 6.20 Å². The van der Waals surface area contributed by atoms with E-state index >= 15 is 0 Å². The summed E-state index contributed by atoms with van der Waals surface area (Å²) >= 11 is 0. The van der Waals surface area contributed by atoms with E-state index in [9.17, 15) is 0 Å². The first-order valence-electron chi connectivity index (χ1n) is 5.54. The van der Waals surface area contributed by atoms with Gasteiger partial charge in [-0.15, -0.1) is 0 Å². The van der Waals surface area contributed by atoms with E-state index in [1.807, 2.05) is 25.3 Å². The van der Waals surface area contributed by atoms with E-state index in [4.69, 9.17) is 4.52 Å². The predicted molar refractivity (Wildman–Crippen MR) is 65.9 cm³/mol. The van der Waals surface area contributed by atoms with Crippen LogP contribution in [0, 0.1) is 6.92 Å². The minimum absolute atomic E-state index is 0.496. The number of aryl methyl sites for hydroxylation is 1. The first kappa shape index (κ1) is 10.6. The van der Waals surface area contributed by atoms with Gasteiger partial charge in [0.05, 0.1) is 5.69 Å². The van der Waals surface area contributed by atoms with Gasteiger partial charge in [0.2, 0.25) is 0 Å². The van der Waals surface area contributed by atoms with Crippen LogP contribution in [-0.4, -0.2) is 20.1 Å². The molecule has 0 saturated heterocycles. The smallest absolute Gasteiger partial charge is 0.263 e. The van der Waals surface area contributed by atoms with Crippen LogP contribution in [0.3, 0.4) is 0 Å². The molecule has 6 heteroatoms. The lowest BCUT2D eigenvalue weighted by atomic mass is 10.2. The van der Waals surface area contributed by atoms with Crippen LogP contribution >= 0.6 is 0 Å². The number of nitrogens with one attached hydrogen (secondary N) is 1. The third-order valence-corrected chi connectivity index (χ3v) is 2.63. The first-order valence-corrected chi connectivity index (χ1v) is 5.54. The Balaban J connectivity index is 1.89. The maximum atomic E-state index is 5.09. The van der Waals surface area contributed by atoms with Crippen molar-refractivity contribution in [2.45, 2.75) is 13.5 Å². The molecule has 3 aromatic rings. The molecule has 0 spiro atoms. The Morgan fingerprint density at radius 1 is 1.33 bits per heavy atom. The molecule has 0 radical (unpaired) electrons.